The van der Waals surface area contributed by atoms with Crippen molar-refractivity contribution >= 4 is 11.6 Å². The highest BCUT2D eigenvalue weighted by atomic mass is 15.1. The van der Waals surface area contributed by atoms with Gasteiger partial charge in [-0.2, -0.15) is 0 Å². The number of nitrogens with one attached hydrogen (secondary N) is 2. The minimum absolute atomic E-state index is 0.501. The van der Waals surface area contributed by atoms with Crippen molar-refractivity contribution in [3.05, 3.63) is 42.0 Å². The average molecular weight is 269 g/mol. The Hall–Kier alpha value is -2.01. The van der Waals surface area contributed by atoms with Gasteiger partial charge in [-0.05, 0) is 44.5 Å². The Kier molecular flexibility index (Phi) is 3.87. The Labute approximate surface area is 118 Å². The first kappa shape index (κ1) is 13.0. The summed E-state index contributed by atoms with van der Waals surface area (Å²) in [6, 6.07) is 5.94. The SMILES string of the molecule is Cc1cc(Nc2ncccn2)cc([C@@H]2CCCNC2)n1. The molecule has 1 atom stereocenters. The molecule has 0 unspecified atom stereocenters. The van der Waals surface area contributed by atoms with E-state index in [9.17, 15) is 0 Å². The molecule has 3 rings (SSSR count). The maximum Gasteiger partial charge on any atom is 0.227 e. The molecule has 0 bridgehead atoms. The van der Waals surface area contributed by atoms with Gasteiger partial charge in [-0.1, -0.05) is 0 Å². The Balaban J connectivity index is 1.82. The van der Waals surface area contributed by atoms with Crippen molar-refractivity contribution in [1.82, 2.24) is 20.3 Å². The first-order valence-corrected chi connectivity index (χ1v) is 7.04. The molecule has 1 saturated heterocycles. The third kappa shape index (κ3) is 3.11. The van der Waals surface area contributed by atoms with Crippen LogP contribution in [-0.2, 0) is 0 Å². The number of aryl methyl sites for hydroxylation is 1. The van der Waals surface area contributed by atoms with Crippen LogP contribution >= 0.6 is 0 Å². The summed E-state index contributed by atoms with van der Waals surface area (Å²) in [5.74, 6) is 1.12. The fourth-order valence-electron chi connectivity index (χ4n) is 2.57. The number of rotatable bonds is 3. The van der Waals surface area contributed by atoms with E-state index in [-0.39, 0.29) is 0 Å². The van der Waals surface area contributed by atoms with Crippen LogP contribution in [0.25, 0.3) is 0 Å². The van der Waals surface area contributed by atoms with Crippen molar-refractivity contribution in [3.8, 4) is 0 Å². The van der Waals surface area contributed by atoms with Crippen molar-refractivity contribution in [1.29, 1.82) is 0 Å². The highest BCUT2D eigenvalue weighted by molar-refractivity contribution is 5.54. The normalized spacial score (nSPS) is 18.8. The number of anilines is 2. The topological polar surface area (TPSA) is 62.7 Å². The summed E-state index contributed by atoms with van der Waals surface area (Å²) < 4.78 is 0. The fourth-order valence-corrected chi connectivity index (χ4v) is 2.57. The third-order valence-electron chi connectivity index (χ3n) is 3.51. The molecular formula is C15H19N5. The van der Waals surface area contributed by atoms with Gasteiger partial charge in [0.15, 0.2) is 0 Å². The number of piperidine rings is 1. The molecule has 2 aromatic heterocycles. The van der Waals surface area contributed by atoms with Gasteiger partial charge in [-0.3, -0.25) is 4.98 Å². The maximum atomic E-state index is 4.68. The third-order valence-corrected chi connectivity index (χ3v) is 3.51. The number of pyridine rings is 1. The van der Waals surface area contributed by atoms with E-state index in [2.05, 4.69) is 31.7 Å². The molecule has 1 aliphatic heterocycles. The Bertz CT molecular complexity index is 564. The van der Waals surface area contributed by atoms with Gasteiger partial charge in [0.2, 0.25) is 5.95 Å². The number of hydrogen-bond acceptors (Lipinski definition) is 5. The summed E-state index contributed by atoms with van der Waals surface area (Å²) in [7, 11) is 0. The van der Waals surface area contributed by atoms with E-state index in [1.54, 1.807) is 12.4 Å². The molecule has 0 aliphatic carbocycles. The van der Waals surface area contributed by atoms with E-state index in [0.29, 0.717) is 11.9 Å². The first-order chi connectivity index (χ1) is 9.81. The van der Waals surface area contributed by atoms with Crippen molar-refractivity contribution in [2.75, 3.05) is 18.4 Å². The van der Waals surface area contributed by atoms with Crippen molar-refractivity contribution in [2.45, 2.75) is 25.7 Å². The standard InChI is InChI=1S/C15H19N5/c1-11-8-13(20-15-17-6-3-7-18-15)9-14(19-11)12-4-2-5-16-10-12/h3,6-9,12,16H,2,4-5,10H2,1H3,(H,17,18,19,20)/t12-/m1/s1. The molecule has 3 heterocycles. The maximum absolute atomic E-state index is 4.68. The van der Waals surface area contributed by atoms with Crippen molar-refractivity contribution < 1.29 is 0 Å². The van der Waals surface area contributed by atoms with Gasteiger partial charge in [0.1, 0.15) is 0 Å². The molecule has 0 spiro atoms. The molecule has 0 amide bonds. The predicted octanol–water partition coefficient (Wildman–Crippen LogP) is 2.39. The smallest absolute Gasteiger partial charge is 0.227 e. The second-order valence-electron chi connectivity index (χ2n) is 5.16. The van der Waals surface area contributed by atoms with Crippen LogP contribution in [0.1, 0.15) is 30.1 Å². The lowest BCUT2D eigenvalue weighted by Crippen LogP contribution is -2.29. The van der Waals surface area contributed by atoms with Gasteiger partial charge in [0.25, 0.3) is 0 Å². The Morgan fingerprint density at radius 3 is 2.85 bits per heavy atom. The van der Waals surface area contributed by atoms with E-state index in [1.807, 2.05) is 19.1 Å². The van der Waals surface area contributed by atoms with Crippen molar-refractivity contribution in [2.24, 2.45) is 0 Å². The van der Waals surface area contributed by atoms with Crippen LogP contribution in [0.15, 0.2) is 30.6 Å². The molecule has 104 valence electrons. The minimum atomic E-state index is 0.501. The lowest BCUT2D eigenvalue weighted by Gasteiger charge is -2.23. The van der Waals surface area contributed by atoms with E-state index < -0.39 is 0 Å². The fraction of sp³-hybridized carbons (Fsp3) is 0.400. The monoisotopic (exact) mass is 269 g/mol. The van der Waals surface area contributed by atoms with Crippen LogP contribution in [0.2, 0.25) is 0 Å². The summed E-state index contributed by atoms with van der Waals surface area (Å²) in [5.41, 5.74) is 3.17. The zero-order chi connectivity index (χ0) is 13.8. The quantitative estimate of drug-likeness (QED) is 0.896. The summed E-state index contributed by atoms with van der Waals surface area (Å²) in [6.45, 7) is 4.15. The lowest BCUT2D eigenvalue weighted by molar-refractivity contribution is 0.454. The summed E-state index contributed by atoms with van der Waals surface area (Å²) in [4.78, 5) is 13.1. The molecule has 0 radical (unpaired) electrons. The van der Waals surface area contributed by atoms with Gasteiger partial charge in [0, 0.05) is 41.9 Å². The second kappa shape index (κ2) is 5.96. The summed E-state index contributed by atoms with van der Waals surface area (Å²) in [6.07, 6.45) is 5.88. The highest BCUT2D eigenvalue weighted by Gasteiger charge is 2.17. The van der Waals surface area contributed by atoms with E-state index in [0.717, 1.165) is 30.2 Å². The molecular weight excluding hydrogens is 250 g/mol. The summed E-state index contributed by atoms with van der Waals surface area (Å²) in [5, 5.41) is 6.68. The molecule has 5 nitrogen and oxygen atoms in total. The summed E-state index contributed by atoms with van der Waals surface area (Å²) >= 11 is 0. The van der Waals surface area contributed by atoms with Gasteiger partial charge in [-0.15, -0.1) is 0 Å². The molecule has 20 heavy (non-hydrogen) atoms. The highest BCUT2D eigenvalue weighted by Crippen LogP contribution is 2.25. The van der Waals surface area contributed by atoms with Crippen LogP contribution in [0, 0.1) is 6.92 Å². The Morgan fingerprint density at radius 1 is 1.25 bits per heavy atom. The van der Waals surface area contributed by atoms with Crippen molar-refractivity contribution in [3.63, 3.8) is 0 Å². The van der Waals surface area contributed by atoms with Gasteiger partial charge < -0.3 is 10.6 Å². The second-order valence-corrected chi connectivity index (χ2v) is 5.16. The van der Waals surface area contributed by atoms with Crippen LogP contribution in [0.5, 0.6) is 0 Å². The molecule has 1 fully saturated rings. The molecule has 2 aromatic rings. The van der Waals surface area contributed by atoms with Crippen LogP contribution in [0.4, 0.5) is 11.6 Å². The average Bonchev–Trinajstić information content (AvgIpc) is 2.49. The lowest BCUT2D eigenvalue weighted by atomic mass is 9.95. The zero-order valence-electron chi connectivity index (χ0n) is 11.6. The van der Waals surface area contributed by atoms with Gasteiger partial charge in [-0.25, -0.2) is 9.97 Å². The largest absolute Gasteiger partial charge is 0.324 e. The van der Waals surface area contributed by atoms with Gasteiger partial charge in [0.05, 0.1) is 0 Å². The van der Waals surface area contributed by atoms with E-state index >= 15 is 0 Å². The molecule has 0 saturated carbocycles. The number of nitrogens with zero attached hydrogens (tertiary/aromatic N) is 3. The van der Waals surface area contributed by atoms with Gasteiger partial charge >= 0.3 is 0 Å². The van der Waals surface area contributed by atoms with E-state index in [1.165, 1.54) is 12.8 Å². The number of hydrogen-bond donors (Lipinski definition) is 2. The molecule has 2 N–H and O–H groups in total. The molecule has 0 aromatic carbocycles. The molecule has 1 aliphatic rings. The first-order valence-electron chi connectivity index (χ1n) is 7.04. The predicted molar refractivity (Wildman–Crippen MR) is 79.1 cm³/mol. The van der Waals surface area contributed by atoms with E-state index in [4.69, 9.17) is 0 Å². The number of aromatic nitrogens is 3. The van der Waals surface area contributed by atoms with Crippen LogP contribution < -0.4 is 10.6 Å². The Morgan fingerprint density at radius 2 is 2.10 bits per heavy atom. The minimum Gasteiger partial charge on any atom is -0.324 e. The molecule has 5 heteroatoms. The zero-order valence-corrected chi connectivity index (χ0v) is 11.6. The van der Waals surface area contributed by atoms with Crippen LogP contribution in [0.3, 0.4) is 0 Å². The van der Waals surface area contributed by atoms with Crippen LogP contribution in [-0.4, -0.2) is 28.0 Å².